The highest BCUT2D eigenvalue weighted by Gasteiger charge is 2.35. The number of hydrogen-bond donors (Lipinski definition) is 0. The van der Waals surface area contributed by atoms with Crippen LogP contribution in [-0.4, -0.2) is 0 Å². The highest BCUT2D eigenvalue weighted by atomic mass is 14.4. The lowest BCUT2D eigenvalue weighted by Crippen LogP contribution is -2.28. The lowest BCUT2D eigenvalue weighted by Gasteiger charge is -2.41. The van der Waals surface area contributed by atoms with Gasteiger partial charge in [0.15, 0.2) is 0 Å². The first-order valence-electron chi connectivity index (χ1n) is 19.6. The normalized spacial score (nSPS) is 12.4. The minimum absolute atomic E-state index is 0.636. The molecule has 0 aromatic heterocycles. The van der Waals surface area contributed by atoms with Gasteiger partial charge in [0.25, 0.3) is 0 Å². The maximum absolute atomic E-state index is 2.38. The molecule has 0 aliphatic carbocycles. The molecule has 0 aliphatic rings. The van der Waals surface area contributed by atoms with Crippen LogP contribution >= 0.6 is 0 Å². The van der Waals surface area contributed by atoms with Crippen molar-refractivity contribution < 1.29 is 0 Å². The van der Waals surface area contributed by atoms with Crippen LogP contribution in [0.1, 0.15) is 247 Å². The van der Waals surface area contributed by atoms with Crippen molar-refractivity contribution in [2.45, 2.75) is 247 Å². The Balaban J connectivity index is 5.89. The number of rotatable bonds is 33. The summed E-state index contributed by atoms with van der Waals surface area (Å²) in [4.78, 5) is 0. The van der Waals surface area contributed by atoms with Crippen molar-refractivity contribution in [3.05, 3.63) is 0 Å². The predicted molar refractivity (Wildman–Crippen MR) is 187 cm³/mol. The van der Waals surface area contributed by atoms with Gasteiger partial charge in [-0.15, -0.1) is 0 Å². The van der Waals surface area contributed by atoms with Gasteiger partial charge in [0.05, 0.1) is 0 Å². The number of hydrogen-bond acceptors (Lipinski definition) is 0. The first-order chi connectivity index (χ1) is 19.6. The van der Waals surface area contributed by atoms with E-state index >= 15 is 0 Å². The summed E-state index contributed by atoms with van der Waals surface area (Å²) in [6.07, 6.45) is 46.9. The minimum atomic E-state index is 0.636. The maximum atomic E-state index is 2.38. The minimum Gasteiger partial charge on any atom is -0.0654 e. The van der Waals surface area contributed by atoms with Crippen molar-refractivity contribution in [3.8, 4) is 0 Å². The van der Waals surface area contributed by atoms with Gasteiger partial charge in [-0.05, 0) is 62.2 Å². The molecule has 0 bridgehead atoms. The van der Waals surface area contributed by atoms with Crippen LogP contribution in [0.15, 0.2) is 0 Å². The molecule has 0 aromatic rings. The molecule has 0 aliphatic heterocycles. The maximum Gasteiger partial charge on any atom is -0.0297 e. The van der Waals surface area contributed by atoms with Crippen LogP contribution in [0.4, 0.5) is 0 Å². The summed E-state index contributed by atoms with van der Waals surface area (Å²) in [6.45, 7) is 14.3. The Morgan fingerprint density at radius 2 is 0.375 bits per heavy atom. The SMILES string of the molecule is CCCCCCC(CCCCCC)(CCCCCC)CCC(CCCCCC)(CCCCCC)CCCCCC. The summed E-state index contributed by atoms with van der Waals surface area (Å²) in [5.74, 6) is 0. The molecule has 0 rings (SSSR count). The van der Waals surface area contributed by atoms with Crippen LogP contribution in [0.2, 0.25) is 0 Å². The average molecular weight is 563 g/mol. The molecule has 0 atom stereocenters. The zero-order valence-corrected chi connectivity index (χ0v) is 29.6. The molecule has 0 aromatic carbocycles. The van der Waals surface area contributed by atoms with E-state index in [2.05, 4.69) is 41.5 Å². The fraction of sp³-hybridized carbons (Fsp3) is 1.00. The van der Waals surface area contributed by atoms with E-state index in [1.165, 1.54) is 193 Å². The van der Waals surface area contributed by atoms with E-state index in [4.69, 9.17) is 0 Å². The highest BCUT2D eigenvalue weighted by Crippen LogP contribution is 2.48. The second-order valence-corrected chi connectivity index (χ2v) is 14.4. The van der Waals surface area contributed by atoms with Crippen molar-refractivity contribution in [2.75, 3.05) is 0 Å². The van der Waals surface area contributed by atoms with Gasteiger partial charge in [-0.2, -0.15) is 0 Å². The summed E-state index contributed by atoms with van der Waals surface area (Å²) in [6, 6.07) is 0. The summed E-state index contributed by atoms with van der Waals surface area (Å²) in [7, 11) is 0. The van der Waals surface area contributed by atoms with E-state index in [-0.39, 0.29) is 0 Å². The fourth-order valence-corrected chi connectivity index (χ4v) is 7.59. The second kappa shape index (κ2) is 29.1. The molecule has 0 radical (unpaired) electrons. The van der Waals surface area contributed by atoms with Crippen molar-refractivity contribution in [1.29, 1.82) is 0 Å². The van der Waals surface area contributed by atoms with Crippen molar-refractivity contribution in [3.63, 3.8) is 0 Å². The van der Waals surface area contributed by atoms with Crippen molar-refractivity contribution in [1.82, 2.24) is 0 Å². The number of unbranched alkanes of at least 4 members (excludes halogenated alkanes) is 18. The molecule has 40 heavy (non-hydrogen) atoms. The Kier molecular flexibility index (Phi) is 29.1. The van der Waals surface area contributed by atoms with Gasteiger partial charge in [0.2, 0.25) is 0 Å². The summed E-state index contributed by atoms with van der Waals surface area (Å²) < 4.78 is 0. The Hall–Kier alpha value is 0. The second-order valence-electron chi connectivity index (χ2n) is 14.4. The fourth-order valence-electron chi connectivity index (χ4n) is 7.59. The van der Waals surface area contributed by atoms with E-state index in [1.807, 2.05) is 0 Å². The van der Waals surface area contributed by atoms with Crippen LogP contribution in [0.25, 0.3) is 0 Å². The van der Waals surface area contributed by atoms with Gasteiger partial charge < -0.3 is 0 Å². The molecule has 0 fully saturated rings. The summed E-state index contributed by atoms with van der Waals surface area (Å²) in [5.41, 5.74) is 1.27. The third-order valence-electron chi connectivity index (χ3n) is 10.5. The van der Waals surface area contributed by atoms with Gasteiger partial charge in [-0.25, -0.2) is 0 Å². The highest BCUT2D eigenvalue weighted by molar-refractivity contribution is 4.87. The Labute approximate surface area is 257 Å². The first-order valence-corrected chi connectivity index (χ1v) is 19.6. The average Bonchev–Trinajstić information content (AvgIpc) is 2.97. The Morgan fingerprint density at radius 1 is 0.200 bits per heavy atom. The zero-order valence-electron chi connectivity index (χ0n) is 29.6. The van der Waals surface area contributed by atoms with Crippen LogP contribution in [0.3, 0.4) is 0 Å². The Morgan fingerprint density at radius 3 is 0.525 bits per heavy atom. The quantitative estimate of drug-likeness (QED) is 0.0698. The summed E-state index contributed by atoms with van der Waals surface area (Å²) >= 11 is 0. The van der Waals surface area contributed by atoms with E-state index < -0.39 is 0 Å². The molecule has 0 unspecified atom stereocenters. The molecule has 0 nitrogen and oxygen atoms in total. The van der Waals surface area contributed by atoms with Crippen LogP contribution < -0.4 is 0 Å². The molecule has 0 saturated heterocycles. The van der Waals surface area contributed by atoms with Gasteiger partial charge in [-0.3, -0.25) is 0 Å². The molecule has 0 heteroatoms. The first kappa shape index (κ1) is 40.0. The van der Waals surface area contributed by atoms with E-state index in [0.29, 0.717) is 10.8 Å². The molecular weight excluding hydrogens is 480 g/mol. The summed E-state index contributed by atoms with van der Waals surface area (Å²) in [5, 5.41) is 0. The molecule has 242 valence electrons. The van der Waals surface area contributed by atoms with Crippen LogP contribution in [0, 0.1) is 10.8 Å². The third-order valence-corrected chi connectivity index (χ3v) is 10.5. The standard InChI is InChI=1S/C40H82/c1-7-13-19-25-31-39(32-26-20-14-8-2,33-27-21-15-9-3)37-38-40(34-28-22-16-10-4,35-29-23-17-11-5)36-30-24-18-12-6/h7-38H2,1-6H3. The van der Waals surface area contributed by atoms with Crippen LogP contribution in [0.5, 0.6) is 0 Å². The molecular formula is C40H82. The van der Waals surface area contributed by atoms with E-state index in [0.717, 1.165) is 0 Å². The largest absolute Gasteiger partial charge is 0.0654 e. The van der Waals surface area contributed by atoms with Crippen LogP contribution in [-0.2, 0) is 0 Å². The monoisotopic (exact) mass is 563 g/mol. The zero-order chi connectivity index (χ0) is 29.6. The lowest BCUT2D eigenvalue weighted by molar-refractivity contribution is 0.107. The van der Waals surface area contributed by atoms with Gasteiger partial charge in [-0.1, -0.05) is 196 Å². The van der Waals surface area contributed by atoms with Gasteiger partial charge in [0, 0.05) is 0 Å². The topological polar surface area (TPSA) is 0 Å². The lowest BCUT2D eigenvalue weighted by atomic mass is 9.64. The molecule has 0 amide bonds. The predicted octanol–water partition coefficient (Wildman–Crippen LogP) is 15.6. The third kappa shape index (κ3) is 21.7. The molecule has 0 N–H and O–H groups in total. The molecule has 0 spiro atoms. The van der Waals surface area contributed by atoms with Crippen molar-refractivity contribution >= 4 is 0 Å². The smallest absolute Gasteiger partial charge is 0.0297 e. The molecule has 0 heterocycles. The van der Waals surface area contributed by atoms with E-state index in [9.17, 15) is 0 Å². The van der Waals surface area contributed by atoms with Gasteiger partial charge >= 0.3 is 0 Å². The van der Waals surface area contributed by atoms with Gasteiger partial charge in [0.1, 0.15) is 0 Å². The van der Waals surface area contributed by atoms with Crippen molar-refractivity contribution in [2.24, 2.45) is 10.8 Å². The molecule has 0 saturated carbocycles. The van der Waals surface area contributed by atoms with E-state index in [1.54, 1.807) is 12.8 Å². The Bertz CT molecular complexity index is 370.